The molecular formula is C16H21N3O3. The van der Waals surface area contributed by atoms with Crippen LogP contribution in [-0.2, 0) is 7.05 Å². The van der Waals surface area contributed by atoms with Crippen LogP contribution in [0.3, 0.4) is 0 Å². The second-order valence-corrected chi connectivity index (χ2v) is 7.52. The van der Waals surface area contributed by atoms with Crippen molar-refractivity contribution in [1.82, 2.24) is 15.1 Å². The molecule has 6 nitrogen and oxygen atoms in total. The molecule has 1 aromatic rings. The van der Waals surface area contributed by atoms with E-state index in [1.54, 1.807) is 7.05 Å². The van der Waals surface area contributed by atoms with Gasteiger partial charge in [-0.2, -0.15) is 5.10 Å². The minimum Gasteiger partial charge on any atom is -0.478 e. The fourth-order valence-corrected chi connectivity index (χ4v) is 5.38. The van der Waals surface area contributed by atoms with Crippen LogP contribution in [0.5, 0.6) is 0 Å². The fourth-order valence-electron chi connectivity index (χ4n) is 5.38. The molecule has 0 radical (unpaired) electrons. The van der Waals surface area contributed by atoms with Gasteiger partial charge in [0.2, 0.25) is 0 Å². The maximum atomic E-state index is 12.6. The van der Waals surface area contributed by atoms with Crippen molar-refractivity contribution >= 4 is 11.9 Å². The van der Waals surface area contributed by atoms with Gasteiger partial charge in [-0.1, -0.05) is 0 Å². The van der Waals surface area contributed by atoms with Crippen LogP contribution in [0.25, 0.3) is 0 Å². The summed E-state index contributed by atoms with van der Waals surface area (Å²) in [6.07, 6.45) is 8.42. The molecule has 1 heterocycles. The van der Waals surface area contributed by atoms with Crippen molar-refractivity contribution in [2.24, 2.45) is 24.8 Å². The molecule has 4 fully saturated rings. The second-order valence-electron chi connectivity index (χ2n) is 7.52. The topological polar surface area (TPSA) is 84.2 Å². The zero-order valence-corrected chi connectivity index (χ0v) is 12.7. The minimum absolute atomic E-state index is 0.0234. The largest absolute Gasteiger partial charge is 0.478 e. The maximum absolute atomic E-state index is 12.6. The number of nitrogens with one attached hydrogen (secondary N) is 1. The number of aryl methyl sites for hydroxylation is 1. The van der Waals surface area contributed by atoms with E-state index >= 15 is 0 Å². The Morgan fingerprint density at radius 2 is 1.77 bits per heavy atom. The number of hydrogen-bond donors (Lipinski definition) is 2. The zero-order valence-electron chi connectivity index (χ0n) is 12.7. The molecule has 2 N–H and O–H groups in total. The SMILES string of the molecule is Cn1cc(C(=O)O)c(C(=O)NC23CC4CC(CC(C4)C2)C3)n1. The molecule has 0 unspecified atom stereocenters. The average Bonchev–Trinajstić information content (AvgIpc) is 2.79. The Labute approximate surface area is 128 Å². The number of carboxylic acids is 1. The Balaban J connectivity index is 1.59. The third-order valence-corrected chi connectivity index (χ3v) is 5.69. The first kappa shape index (κ1) is 13.8. The van der Waals surface area contributed by atoms with Gasteiger partial charge in [0.05, 0.1) is 0 Å². The van der Waals surface area contributed by atoms with Gasteiger partial charge in [0.1, 0.15) is 5.56 Å². The summed E-state index contributed by atoms with van der Waals surface area (Å²) in [6, 6.07) is 0. The average molecular weight is 303 g/mol. The molecule has 0 aliphatic heterocycles. The van der Waals surface area contributed by atoms with Crippen molar-refractivity contribution < 1.29 is 14.7 Å². The molecule has 4 saturated carbocycles. The zero-order chi connectivity index (χ0) is 15.5. The molecule has 0 atom stereocenters. The number of nitrogens with zero attached hydrogens (tertiary/aromatic N) is 2. The normalized spacial score (nSPS) is 35.6. The fraction of sp³-hybridized carbons (Fsp3) is 0.688. The van der Waals surface area contributed by atoms with Crippen LogP contribution in [-0.4, -0.2) is 32.3 Å². The summed E-state index contributed by atoms with van der Waals surface area (Å²) in [6.45, 7) is 0. The van der Waals surface area contributed by atoms with Gasteiger partial charge in [-0.3, -0.25) is 9.48 Å². The summed E-state index contributed by atoms with van der Waals surface area (Å²) >= 11 is 0. The highest BCUT2D eigenvalue weighted by Gasteiger charge is 2.51. The number of aromatic nitrogens is 2. The predicted octanol–water partition coefficient (Wildman–Crippen LogP) is 1.82. The number of carboxylic acid groups (broad SMARTS) is 1. The first-order valence-corrected chi connectivity index (χ1v) is 8.03. The van der Waals surface area contributed by atoms with Crippen LogP contribution in [0, 0.1) is 17.8 Å². The molecule has 4 bridgehead atoms. The van der Waals surface area contributed by atoms with Crippen LogP contribution in [0.4, 0.5) is 0 Å². The molecule has 118 valence electrons. The van der Waals surface area contributed by atoms with E-state index in [1.807, 2.05) is 0 Å². The van der Waals surface area contributed by atoms with Crippen molar-refractivity contribution in [3.63, 3.8) is 0 Å². The van der Waals surface area contributed by atoms with Crippen molar-refractivity contribution in [1.29, 1.82) is 0 Å². The molecule has 22 heavy (non-hydrogen) atoms. The van der Waals surface area contributed by atoms with E-state index in [0.717, 1.165) is 37.0 Å². The second kappa shape index (κ2) is 4.57. The lowest BCUT2D eigenvalue weighted by Gasteiger charge is -2.56. The summed E-state index contributed by atoms with van der Waals surface area (Å²) < 4.78 is 1.39. The van der Waals surface area contributed by atoms with Crippen LogP contribution in [0.1, 0.15) is 59.4 Å². The number of carbonyl (C=O) groups is 2. The Morgan fingerprint density at radius 1 is 1.23 bits per heavy atom. The summed E-state index contributed by atoms with van der Waals surface area (Å²) in [5, 5.41) is 16.4. The number of hydrogen-bond acceptors (Lipinski definition) is 3. The van der Waals surface area contributed by atoms with Crippen molar-refractivity contribution in [2.45, 2.75) is 44.1 Å². The van der Waals surface area contributed by atoms with Gasteiger partial charge in [0.15, 0.2) is 5.69 Å². The Kier molecular flexibility index (Phi) is 2.86. The van der Waals surface area contributed by atoms with Crippen molar-refractivity contribution in [3.8, 4) is 0 Å². The smallest absolute Gasteiger partial charge is 0.339 e. The van der Waals surface area contributed by atoms with E-state index in [-0.39, 0.29) is 22.7 Å². The van der Waals surface area contributed by atoms with Gasteiger partial charge in [0.25, 0.3) is 5.91 Å². The quantitative estimate of drug-likeness (QED) is 0.892. The predicted molar refractivity (Wildman–Crippen MR) is 78.5 cm³/mol. The van der Waals surface area contributed by atoms with E-state index in [1.165, 1.54) is 30.1 Å². The lowest BCUT2D eigenvalue weighted by molar-refractivity contribution is -0.0168. The molecule has 0 aromatic carbocycles. The highest BCUT2D eigenvalue weighted by atomic mass is 16.4. The third kappa shape index (κ3) is 2.12. The minimum atomic E-state index is -1.11. The molecular weight excluding hydrogens is 282 g/mol. The van der Waals surface area contributed by atoms with E-state index in [9.17, 15) is 14.7 Å². The van der Waals surface area contributed by atoms with Gasteiger partial charge in [-0.05, 0) is 56.3 Å². The highest BCUT2D eigenvalue weighted by Crippen LogP contribution is 2.55. The lowest BCUT2D eigenvalue weighted by atomic mass is 9.53. The summed E-state index contributed by atoms with van der Waals surface area (Å²) in [5.41, 5.74) is -0.116. The lowest BCUT2D eigenvalue weighted by Crippen LogP contribution is -2.60. The Morgan fingerprint density at radius 3 is 2.27 bits per heavy atom. The molecule has 0 spiro atoms. The first-order valence-electron chi connectivity index (χ1n) is 8.03. The number of aromatic carboxylic acids is 1. The third-order valence-electron chi connectivity index (χ3n) is 5.69. The molecule has 1 amide bonds. The van der Waals surface area contributed by atoms with Crippen LogP contribution < -0.4 is 5.32 Å². The summed E-state index contributed by atoms with van der Waals surface area (Å²) in [4.78, 5) is 23.9. The van der Waals surface area contributed by atoms with E-state index < -0.39 is 5.97 Å². The molecule has 6 heteroatoms. The summed E-state index contributed by atoms with van der Waals surface area (Å²) in [7, 11) is 1.63. The number of amides is 1. The first-order chi connectivity index (χ1) is 10.4. The van der Waals surface area contributed by atoms with Gasteiger partial charge < -0.3 is 10.4 Å². The summed E-state index contributed by atoms with van der Waals surface area (Å²) in [5.74, 6) is 0.751. The van der Waals surface area contributed by atoms with Crippen LogP contribution >= 0.6 is 0 Å². The molecule has 4 aliphatic rings. The van der Waals surface area contributed by atoms with Gasteiger partial charge in [-0.25, -0.2) is 4.79 Å². The van der Waals surface area contributed by atoms with Gasteiger partial charge >= 0.3 is 5.97 Å². The standard InChI is InChI=1S/C16H21N3O3/c1-19-8-12(15(21)22)13(18-19)14(20)17-16-5-9-2-10(6-16)4-11(3-9)7-16/h8-11H,2-7H2,1H3,(H,17,20)(H,21,22). The van der Waals surface area contributed by atoms with E-state index in [0.29, 0.717) is 0 Å². The molecule has 4 aliphatic carbocycles. The molecule has 0 saturated heterocycles. The monoisotopic (exact) mass is 303 g/mol. The molecule has 1 aromatic heterocycles. The maximum Gasteiger partial charge on any atom is 0.339 e. The molecule has 5 rings (SSSR count). The number of carbonyl (C=O) groups excluding carboxylic acids is 1. The van der Waals surface area contributed by atoms with Crippen molar-refractivity contribution in [3.05, 3.63) is 17.5 Å². The number of rotatable bonds is 3. The van der Waals surface area contributed by atoms with E-state index in [2.05, 4.69) is 10.4 Å². The van der Waals surface area contributed by atoms with E-state index in [4.69, 9.17) is 0 Å². The Bertz CT molecular complexity index is 614. The van der Waals surface area contributed by atoms with Crippen molar-refractivity contribution in [2.75, 3.05) is 0 Å². The Hall–Kier alpha value is -1.85. The van der Waals surface area contributed by atoms with Gasteiger partial charge in [-0.15, -0.1) is 0 Å². The van der Waals surface area contributed by atoms with Crippen LogP contribution in [0.15, 0.2) is 6.20 Å². The van der Waals surface area contributed by atoms with Crippen LogP contribution in [0.2, 0.25) is 0 Å². The highest BCUT2D eigenvalue weighted by molar-refractivity contribution is 6.03. The van der Waals surface area contributed by atoms with Gasteiger partial charge in [0, 0.05) is 18.8 Å².